The Balaban J connectivity index is 3.44. The van der Waals surface area contributed by atoms with Crippen LogP contribution in [0, 0.1) is 11.3 Å². The van der Waals surface area contributed by atoms with Crippen molar-refractivity contribution in [1.29, 1.82) is 5.26 Å². The molecule has 2 N–H and O–H groups in total. The largest absolute Gasteiger partial charge is 0.397 e. The van der Waals surface area contributed by atoms with Crippen molar-refractivity contribution in [2.24, 2.45) is 0 Å². The molecule has 0 aliphatic carbocycles. The lowest BCUT2D eigenvalue weighted by molar-refractivity contribution is 0.101. The van der Waals surface area contributed by atoms with Gasteiger partial charge < -0.3 is 5.73 Å². The van der Waals surface area contributed by atoms with Crippen LogP contribution in [0.4, 0.5) is 5.69 Å². The third-order valence-corrected chi connectivity index (χ3v) is 1.96. The number of benzene rings is 1. The van der Waals surface area contributed by atoms with Crippen LogP contribution in [0.5, 0.6) is 0 Å². The summed E-state index contributed by atoms with van der Waals surface area (Å²) in [6.45, 7) is 1.38. The van der Waals surface area contributed by atoms with Crippen LogP contribution in [-0.2, 0) is 0 Å². The van der Waals surface area contributed by atoms with Crippen molar-refractivity contribution in [3.8, 4) is 6.07 Å². The average molecular weight is 195 g/mol. The summed E-state index contributed by atoms with van der Waals surface area (Å²) in [7, 11) is 0. The second kappa shape index (κ2) is 3.46. The first-order chi connectivity index (χ1) is 6.06. The molecule has 3 nitrogen and oxygen atoms in total. The van der Waals surface area contributed by atoms with Gasteiger partial charge in [-0.15, -0.1) is 0 Å². The lowest BCUT2D eigenvalue weighted by Crippen LogP contribution is -1.99. The van der Waals surface area contributed by atoms with Crippen LogP contribution in [0.25, 0.3) is 0 Å². The van der Waals surface area contributed by atoms with Crippen molar-refractivity contribution in [3.05, 3.63) is 28.3 Å². The third kappa shape index (κ3) is 1.79. The fourth-order valence-electron chi connectivity index (χ4n) is 0.974. The van der Waals surface area contributed by atoms with Crippen LogP contribution in [0.1, 0.15) is 22.8 Å². The maximum atomic E-state index is 11.0. The fourth-order valence-corrected chi connectivity index (χ4v) is 1.14. The van der Waals surface area contributed by atoms with E-state index in [1.165, 1.54) is 19.1 Å². The standard InChI is InChI=1S/C9H7ClN2O/c1-5(13)7-3-8(10)9(12)2-6(7)4-11/h2-3H,12H2,1H3. The minimum atomic E-state index is -0.196. The molecule has 0 saturated heterocycles. The molecule has 1 rings (SSSR count). The summed E-state index contributed by atoms with van der Waals surface area (Å²) >= 11 is 5.70. The quantitative estimate of drug-likeness (QED) is 0.549. The maximum absolute atomic E-state index is 11.0. The smallest absolute Gasteiger partial charge is 0.161 e. The van der Waals surface area contributed by atoms with Gasteiger partial charge in [0.2, 0.25) is 0 Å². The summed E-state index contributed by atoms with van der Waals surface area (Å²) in [5.74, 6) is -0.196. The molecule has 0 aliphatic rings. The first-order valence-electron chi connectivity index (χ1n) is 3.56. The molecule has 4 heteroatoms. The van der Waals surface area contributed by atoms with Gasteiger partial charge in [0, 0.05) is 5.56 Å². The molecule has 0 aromatic heterocycles. The molecule has 1 aromatic carbocycles. The van der Waals surface area contributed by atoms with Gasteiger partial charge in [-0.3, -0.25) is 4.79 Å². The molecular formula is C9H7ClN2O. The van der Waals surface area contributed by atoms with Crippen LogP contribution in [0.3, 0.4) is 0 Å². The highest BCUT2D eigenvalue weighted by Crippen LogP contribution is 2.23. The van der Waals surface area contributed by atoms with E-state index in [1.807, 2.05) is 6.07 Å². The average Bonchev–Trinajstić information content (AvgIpc) is 2.08. The number of anilines is 1. The maximum Gasteiger partial charge on any atom is 0.161 e. The number of carbonyl (C=O) groups excluding carboxylic acids is 1. The predicted molar refractivity (Wildman–Crippen MR) is 50.6 cm³/mol. The number of Topliss-reactive ketones (excluding diaryl/α,β-unsaturated/α-hetero) is 1. The van der Waals surface area contributed by atoms with E-state index in [-0.39, 0.29) is 11.3 Å². The molecule has 0 saturated carbocycles. The number of nitrogens with zero attached hydrogens (tertiary/aromatic N) is 1. The van der Waals surface area contributed by atoms with Crippen LogP contribution in [0.2, 0.25) is 5.02 Å². The summed E-state index contributed by atoms with van der Waals surface area (Å²) in [5, 5.41) is 8.98. The van der Waals surface area contributed by atoms with Gasteiger partial charge in [-0.25, -0.2) is 0 Å². The van der Waals surface area contributed by atoms with E-state index in [1.54, 1.807) is 0 Å². The predicted octanol–water partition coefficient (Wildman–Crippen LogP) is 2.00. The molecule has 66 valence electrons. The summed E-state index contributed by atoms with van der Waals surface area (Å²) in [5.41, 5.74) is 6.35. The van der Waals surface area contributed by atoms with Crippen molar-refractivity contribution >= 4 is 23.1 Å². The number of nitrogens with two attached hydrogens (primary N) is 1. The molecule has 0 heterocycles. The number of hydrogen-bond donors (Lipinski definition) is 1. The van der Waals surface area contributed by atoms with Gasteiger partial charge in [-0.2, -0.15) is 5.26 Å². The van der Waals surface area contributed by atoms with Crippen molar-refractivity contribution in [2.75, 3.05) is 5.73 Å². The Morgan fingerprint density at radius 2 is 2.23 bits per heavy atom. The van der Waals surface area contributed by atoms with Crippen molar-refractivity contribution in [3.63, 3.8) is 0 Å². The molecule has 0 bridgehead atoms. The van der Waals surface area contributed by atoms with E-state index in [0.717, 1.165) is 0 Å². The van der Waals surface area contributed by atoms with Crippen LogP contribution >= 0.6 is 11.6 Å². The van der Waals surface area contributed by atoms with Crippen LogP contribution < -0.4 is 5.73 Å². The zero-order valence-electron chi connectivity index (χ0n) is 6.97. The third-order valence-electron chi connectivity index (χ3n) is 1.64. The molecule has 0 aliphatic heterocycles. The molecule has 0 radical (unpaired) electrons. The number of ketones is 1. The number of nitrogen functional groups attached to an aromatic ring is 1. The van der Waals surface area contributed by atoms with E-state index in [2.05, 4.69) is 0 Å². The van der Waals surface area contributed by atoms with Gasteiger partial charge in [0.1, 0.15) is 0 Å². The van der Waals surface area contributed by atoms with Crippen LogP contribution in [-0.4, -0.2) is 5.78 Å². The highest BCUT2D eigenvalue weighted by atomic mass is 35.5. The van der Waals surface area contributed by atoms with E-state index in [0.29, 0.717) is 16.3 Å². The van der Waals surface area contributed by atoms with Crippen LogP contribution in [0.15, 0.2) is 12.1 Å². The van der Waals surface area contributed by atoms with E-state index in [9.17, 15) is 4.79 Å². The summed E-state index contributed by atoms with van der Waals surface area (Å²) in [6, 6.07) is 4.70. The lowest BCUT2D eigenvalue weighted by Gasteiger charge is -2.02. The SMILES string of the molecule is CC(=O)c1cc(Cl)c(N)cc1C#N. The Bertz CT molecular complexity index is 407. The number of hydrogen-bond acceptors (Lipinski definition) is 3. The monoisotopic (exact) mass is 194 g/mol. The normalized spacial score (nSPS) is 9.31. The first kappa shape index (κ1) is 9.56. The highest BCUT2D eigenvalue weighted by molar-refractivity contribution is 6.33. The van der Waals surface area contributed by atoms with Crippen molar-refractivity contribution in [1.82, 2.24) is 0 Å². The Morgan fingerprint density at radius 1 is 1.62 bits per heavy atom. The topological polar surface area (TPSA) is 66.9 Å². The number of rotatable bonds is 1. The van der Waals surface area contributed by atoms with Gasteiger partial charge >= 0.3 is 0 Å². The van der Waals surface area contributed by atoms with Crippen molar-refractivity contribution < 1.29 is 4.79 Å². The van der Waals surface area contributed by atoms with Gasteiger partial charge in [0.15, 0.2) is 5.78 Å². The van der Waals surface area contributed by atoms with Crippen molar-refractivity contribution in [2.45, 2.75) is 6.92 Å². The Kier molecular flexibility index (Phi) is 2.54. The number of halogens is 1. The summed E-state index contributed by atoms with van der Waals surface area (Å²) < 4.78 is 0. The molecule has 0 fully saturated rings. The molecule has 0 spiro atoms. The van der Waals surface area contributed by atoms with Gasteiger partial charge in [-0.1, -0.05) is 11.6 Å². The zero-order chi connectivity index (χ0) is 10.0. The molecule has 0 atom stereocenters. The number of carbonyl (C=O) groups is 1. The molecule has 0 unspecified atom stereocenters. The van der Waals surface area contributed by atoms with Gasteiger partial charge in [0.05, 0.1) is 22.3 Å². The fraction of sp³-hybridized carbons (Fsp3) is 0.111. The van der Waals surface area contributed by atoms with E-state index < -0.39 is 0 Å². The summed E-state index contributed by atoms with van der Waals surface area (Å²) in [6.07, 6.45) is 0. The van der Waals surface area contributed by atoms with Gasteiger partial charge in [-0.05, 0) is 19.1 Å². The molecule has 0 amide bonds. The minimum Gasteiger partial charge on any atom is -0.397 e. The number of nitriles is 1. The minimum absolute atomic E-state index is 0.196. The lowest BCUT2D eigenvalue weighted by atomic mass is 10.0. The molecule has 13 heavy (non-hydrogen) atoms. The van der Waals surface area contributed by atoms with Gasteiger partial charge in [0.25, 0.3) is 0 Å². The van der Waals surface area contributed by atoms with E-state index in [4.69, 9.17) is 22.6 Å². The molecule has 1 aromatic rings. The Morgan fingerprint density at radius 3 is 2.69 bits per heavy atom. The molecular weight excluding hydrogens is 188 g/mol. The second-order valence-electron chi connectivity index (χ2n) is 2.59. The summed E-state index contributed by atoms with van der Waals surface area (Å²) in [4.78, 5) is 11.0. The second-order valence-corrected chi connectivity index (χ2v) is 2.99. The first-order valence-corrected chi connectivity index (χ1v) is 3.94. The van der Waals surface area contributed by atoms with E-state index >= 15 is 0 Å². The zero-order valence-corrected chi connectivity index (χ0v) is 7.72. The Labute approximate surface area is 80.7 Å². The highest BCUT2D eigenvalue weighted by Gasteiger charge is 2.09. The Hall–Kier alpha value is -1.53.